The highest BCUT2D eigenvalue weighted by molar-refractivity contribution is 5.68. The fraction of sp³-hybridized carbons (Fsp3) is 0.333. The maximum absolute atomic E-state index is 9.88. The predicted octanol–water partition coefficient (Wildman–Crippen LogP) is -1.34. The molecule has 54 valence electrons. The maximum Gasteiger partial charge on any atom is 0.356 e. The third kappa shape index (κ3) is 1.69. The number of hydrogen-bond donors (Lipinski definition) is 2. The van der Waals surface area contributed by atoms with Gasteiger partial charge in [0.15, 0.2) is 6.61 Å². The van der Waals surface area contributed by atoms with Gasteiger partial charge in [-0.25, -0.2) is 4.79 Å². The van der Waals surface area contributed by atoms with E-state index in [1.54, 1.807) is 0 Å². The summed E-state index contributed by atoms with van der Waals surface area (Å²) in [6.45, 7) is -0.459. The summed E-state index contributed by atoms with van der Waals surface area (Å²) >= 11 is 0. The number of carboxylic acids is 1. The van der Waals surface area contributed by atoms with E-state index in [1.807, 2.05) is 0 Å². The van der Waals surface area contributed by atoms with Crippen molar-refractivity contribution in [1.29, 1.82) is 0 Å². The van der Waals surface area contributed by atoms with Crippen LogP contribution in [0.3, 0.4) is 0 Å². The molecular weight excluding hydrogens is 140 g/mol. The number of aromatic nitrogens is 4. The summed E-state index contributed by atoms with van der Waals surface area (Å²) in [5.41, 5.74) is 0. The second kappa shape index (κ2) is 2.76. The van der Waals surface area contributed by atoms with Gasteiger partial charge in [0.25, 0.3) is 0 Å². The number of H-pyrrole nitrogens is 1. The van der Waals surface area contributed by atoms with E-state index < -0.39 is 12.6 Å². The first kappa shape index (κ1) is 6.46. The molecule has 0 atom stereocenters. The summed E-state index contributed by atoms with van der Waals surface area (Å²) in [7, 11) is 0. The molecule has 7 heteroatoms. The van der Waals surface area contributed by atoms with E-state index in [-0.39, 0.29) is 6.01 Å². The number of tetrazole rings is 1. The molecule has 1 rings (SSSR count). The van der Waals surface area contributed by atoms with Gasteiger partial charge in [0, 0.05) is 0 Å². The molecule has 0 aromatic carbocycles. The minimum Gasteiger partial charge on any atom is -0.479 e. The van der Waals surface area contributed by atoms with E-state index >= 15 is 0 Å². The number of nitrogens with one attached hydrogen (secondary N) is 1. The number of aromatic amines is 1. The Labute approximate surface area is 55.0 Å². The largest absolute Gasteiger partial charge is 0.479 e. The Morgan fingerprint density at radius 3 is 3.10 bits per heavy atom. The zero-order chi connectivity index (χ0) is 7.40. The van der Waals surface area contributed by atoms with E-state index in [1.165, 1.54) is 0 Å². The van der Waals surface area contributed by atoms with E-state index in [0.717, 1.165) is 0 Å². The number of carbonyl (C=O) groups is 1. The topological polar surface area (TPSA) is 101 Å². The van der Waals surface area contributed by atoms with Gasteiger partial charge in [0.2, 0.25) is 0 Å². The van der Waals surface area contributed by atoms with Gasteiger partial charge in [-0.1, -0.05) is 10.2 Å². The van der Waals surface area contributed by atoms with Crippen molar-refractivity contribution in [2.75, 3.05) is 6.61 Å². The van der Waals surface area contributed by atoms with Crippen LogP contribution in [0.1, 0.15) is 0 Å². The first-order chi connectivity index (χ1) is 4.79. The first-order valence-electron chi connectivity index (χ1n) is 2.37. The fourth-order valence-electron chi connectivity index (χ4n) is 0.340. The van der Waals surface area contributed by atoms with Crippen LogP contribution in [0.5, 0.6) is 6.01 Å². The van der Waals surface area contributed by atoms with E-state index in [2.05, 4.69) is 25.4 Å². The number of rotatable bonds is 3. The zero-order valence-corrected chi connectivity index (χ0v) is 4.81. The van der Waals surface area contributed by atoms with Gasteiger partial charge in [-0.15, -0.1) is 0 Å². The molecule has 0 fully saturated rings. The van der Waals surface area contributed by atoms with E-state index in [4.69, 9.17) is 5.11 Å². The fourth-order valence-corrected chi connectivity index (χ4v) is 0.340. The van der Waals surface area contributed by atoms with Crippen molar-refractivity contribution in [1.82, 2.24) is 20.6 Å². The van der Waals surface area contributed by atoms with Gasteiger partial charge in [-0.3, -0.25) is 0 Å². The molecule has 2 N–H and O–H groups in total. The van der Waals surface area contributed by atoms with Crippen molar-refractivity contribution < 1.29 is 14.6 Å². The normalized spacial score (nSPS) is 9.20. The molecule has 10 heavy (non-hydrogen) atoms. The summed E-state index contributed by atoms with van der Waals surface area (Å²) in [4.78, 5) is 9.88. The number of ether oxygens (including phenoxy) is 1. The highest BCUT2D eigenvalue weighted by Crippen LogP contribution is 1.91. The standard InChI is InChI=1S/C3H4N4O3/c8-2(9)1-10-3-4-6-7-5-3/h1H2,(H,8,9)(H,4,5,6,7). The third-order valence-corrected chi connectivity index (χ3v) is 0.651. The molecule has 0 spiro atoms. The van der Waals surface area contributed by atoms with Crippen molar-refractivity contribution in [3.05, 3.63) is 0 Å². The van der Waals surface area contributed by atoms with Gasteiger partial charge in [-0.05, 0) is 5.21 Å². The SMILES string of the molecule is O=C(O)COc1nn[nH]n1. The number of hydrogen-bond acceptors (Lipinski definition) is 5. The molecule has 0 aliphatic heterocycles. The lowest BCUT2D eigenvalue weighted by molar-refractivity contribution is -0.139. The average molecular weight is 144 g/mol. The molecule has 0 saturated carbocycles. The van der Waals surface area contributed by atoms with Gasteiger partial charge < -0.3 is 9.84 Å². The molecule has 0 bridgehead atoms. The Morgan fingerprint density at radius 2 is 2.60 bits per heavy atom. The lowest BCUT2D eigenvalue weighted by Gasteiger charge is -1.91. The Balaban J connectivity index is 2.35. The monoisotopic (exact) mass is 144 g/mol. The average Bonchev–Trinajstić information content (AvgIpc) is 2.34. The maximum atomic E-state index is 9.88. The Kier molecular flexibility index (Phi) is 1.78. The van der Waals surface area contributed by atoms with Crippen LogP contribution in [0.2, 0.25) is 0 Å². The predicted molar refractivity (Wildman–Crippen MR) is 27.3 cm³/mol. The molecule has 0 saturated heterocycles. The van der Waals surface area contributed by atoms with Crippen LogP contribution in [0, 0.1) is 0 Å². The van der Waals surface area contributed by atoms with E-state index in [0.29, 0.717) is 0 Å². The first-order valence-corrected chi connectivity index (χ1v) is 2.37. The molecule has 0 aliphatic carbocycles. The molecule has 0 radical (unpaired) electrons. The molecule has 7 nitrogen and oxygen atoms in total. The van der Waals surface area contributed by atoms with E-state index in [9.17, 15) is 4.79 Å². The summed E-state index contributed by atoms with van der Waals surface area (Å²) in [5.74, 6) is -1.08. The highest BCUT2D eigenvalue weighted by Gasteiger charge is 2.00. The van der Waals surface area contributed by atoms with Crippen LogP contribution < -0.4 is 4.74 Å². The van der Waals surface area contributed by atoms with Crippen LogP contribution in [-0.2, 0) is 4.79 Å². The minimum atomic E-state index is -1.08. The lowest BCUT2D eigenvalue weighted by atomic mass is 10.7. The minimum absolute atomic E-state index is 0.0672. The molecule has 0 aliphatic rings. The van der Waals surface area contributed by atoms with Crippen LogP contribution >= 0.6 is 0 Å². The molecule has 1 aromatic heterocycles. The van der Waals surface area contributed by atoms with Gasteiger partial charge in [0.1, 0.15) is 0 Å². The molecule has 0 amide bonds. The van der Waals surface area contributed by atoms with Crippen molar-refractivity contribution >= 4 is 5.97 Å². The van der Waals surface area contributed by atoms with Crippen molar-refractivity contribution in [2.24, 2.45) is 0 Å². The third-order valence-electron chi connectivity index (χ3n) is 0.651. The van der Waals surface area contributed by atoms with Crippen molar-refractivity contribution in [3.63, 3.8) is 0 Å². The van der Waals surface area contributed by atoms with Crippen LogP contribution in [-0.4, -0.2) is 38.3 Å². The van der Waals surface area contributed by atoms with Gasteiger partial charge >= 0.3 is 12.0 Å². The van der Waals surface area contributed by atoms with Crippen LogP contribution in [0.4, 0.5) is 0 Å². The van der Waals surface area contributed by atoms with Crippen LogP contribution in [0.25, 0.3) is 0 Å². The Bertz CT molecular complexity index is 208. The molecular formula is C3H4N4O3. The Hall–Kier alpha value is -1.66. The second-order valence-corrected chi connectivity index (χ2v) is 1.38. The molecule has 1 heterocycles. The number of aliphatic carboxylic acids is 1. The summed E-state index contributed by atoms with van der Waals surface area (Å²) < 4.78 is 4.49. The Morgan fingerprint density at radius 1 is 1.80 bits per heavy atom. The summed E-state index contributed by atoms with van der Waals surface area (Å²) in [6, 6.07) is -0.0672. The zero-order valence-electron chi connectivity index (χ0n) is 4.81. The number of nitrogens with zero attached hydrogens (tertiary/aromatic N) is 3. The lowest BCUT2D eigenvalue weighted by Crippen LogP contribution is -2.10. The van der Waals surface area contributed by atoms with Crippen molar-refractivity contribution in [3.8, 4) is 6.01 Å². The summed E-state index contributed by atoms with van der Waals surface area (Å²) in [5, 5.41) is 20.1. The van der Waals surface area contributed by atoms with Gasteiger partial charge in [0.05, 0.1) is 0 Å². The van der Waals surface area contributed by atoms with Crippen molar-refractivity contribution in [2.45, 2.75) is 0 Å². The molecule has 0 unspecified atom stereocenters. The highest BCUT2D eigenvalue weighted by atomic mass is 16.5. The smallest absolute Gasteiger partial charge is 0.356 e. The van der Waals surface area contributed by atoms with Gasteiger partial charge in [-0.2, -0.15) is 5.21 Å². The van der Waals surface area contributed by atoms with Crippen LogP contribution in [0.15, 0.2) is 0 Å². The summed E-state index contributed by atoms with van der Waals surface area (Å²) in [6.07, 6.45) is 0. The quantitative estimate of drug-likeness (QED) is 0.544. The second-order valence-electron chi connectivity index (χ2n) is 1.38. The molecule has 1 aromatic rings. The number of carboxylic acid groups (broad SMARTS) is 1.